The van der Waals surface area contributed by atoms with Gasteiger partial charge in [0.2, 0.25) is 0 Å². The number of rotatable bonds is 12. The van der Waals surface area contributed by atoms with Crippen LogP contribution in [0, 0.1) is 22.7 Å². The summed E-state index contributed by atoms with van der Waals surface area (Å²) in [5.41, 5.74) is 5.98. The number of esters is 2. The van der Waals surface area contributed by atoms with Crippen LogP contribution in [0.25, 0.3) is 0 Å². The molecule has 0 saturated carbocycles. The molecule has 1 rings (SSSR count). The molecule has 232 valence electrons. The summed E-state index contributed by atoms with van der Waals surface area (Å²) in [6.07, 6.45) is -2.66. The number of benzene rings is 1. The van der Waals surface area contributed by atoms with Crippen molar-refractivity contribution in [3.63, 3.8) is 0 Å². The third kappa shape index (κ3) is 14.7. The smallest absolute Gasteiger partial charge is 0.462 e. The van der Waals surface area contributed by atoms with E-state index < -0.39 is 30.4 Å². The van der Waals surface area contributed by atoms with Crippen LogP contribution in [0.3, 0.4) is 0 Å². The van der Waals surface area contributed by atoms with Crippen LogP contribution in [-0.4, -0.2) is 56.2 Å². The molecule has 0 aromatic heterocycles. The number of nitrogens with two attached hydrogens (primary N) is 1. The standard InChI is InChI=1S/C30H47NO10/c1-18(2)20(4)25(32)36-15-19(3)39-26(33)22(31)13-21-11-12-23(40-27(34)37-16-29(5,6)7)24(14-21)41-28(35)38-17-30(8,9)10/h11-12,14,18-20,22H,13,15-17,31H2,1-10H3/t19-,20?,22-/m0/s1. The van der Waals surface area contributed by atoms with Crippen LogP contribution in [0.4, 0.5) is 9.59 Å². The topological polar surface area (TPSA) is 150 Å². The Kier molecular flexibility index (Phi) is 13.6. The van der Waals surface area contributed by atoms with Gasteiger partial charge in [-0.05, 0) is 47.8 Å². The Morgan fingerprint density at radius 3 is 1.76 bits per heavy atom. The summed E-state index contributed by atoms with van der Waals surface area (Å²) in [5.74, 6) is -1.44. The van der Waals surface area contributed by atoms with E-state index in [2.05, 4.69) is 0 Å². The van der Waals surface area contributed by atoms with Crippen molar-refractivity contribution < 1.29 is 47.6 Å². The van der Waals surface area contributed by atoms with Gasteiger partial charge in [-0.3, -0.25) is 9.59 Å². The second-order valence-corrected chi connectivity index (χ2v) is 12.9. The molecule has 11 heteroatoms. The number of carbonyl (C=O) groups excluding carboxylic acids is 4. The van der Waals surface area contributed by atoms with E-state index in [9.17, 15) is 19.2 Å². The Bertz CT molecular complexity index is 1040. The van der Waals surface area contributed by atoms with Gasteiger partial charge in [-0.15, -0.1) is 0 Å². The highest BCUT2D eigenvalue weighted by Gasteiger charge is 2.24. The van der Waals surface area contributed by atoms with Crippen molar-refractivity contribution >= 4 is 24.2 Å². The molecule has 0 aliphatic carbocycles. The zero-order valence-electron chi connectivity index (χ0n) is 26.0. The van der Waals surface area contributed by atoms with Crippen molar-refractivity contribution in [2.75, 3.05) is 19.8 Å². The van der Waals surface area contributed by atoms with E-state index in [1.54, 1.807) is 19.9 Å². The Balaban J connectivity index is 2.93. The van der Waals surface area contributed by atoms with E-state index in [0.717, 1.165) is 0 Å². The Labute approximate surface area is 243 Å². The Morgan fingerprint density at radius 2 is 1.27 bits per heavy atom. The van der Waals surface area contributed by atoms with Crippen LogP contribution in [0.1, 0.15) is 74.8 Å². The summed E-state index contributed by atoms with van der Waals surface area (Å²) < 4.78 is 31.5. The lowest BCUT2D eigenvalue weighted by Gasteiger charge is -2.20. The van der Waals surface area contributed by atoms with Crippen molar-refractivity contribution in [1.82, 2.24) is 0 Å². The van der Waals surface area contributed by atoms with Crippen molar-refractivity contribution in [3.05, 3.63) is 23.8 Å². The summed E-state index contributed by atoms with van der Waals surface area (Å²) in [6, 6.07) is 3.30. The molecule has 41 heavy (non-hydrogen) atoms. The van der Waals surface area contributed by atoms with Crippen molar-refractivity contribution in [1.29, 1.82) is 0 Å². The zero-order valence-corrected chi connectivity index (χ0v) is 26.0. The lowest BCUT2D eigenvalue weighted by atomic mass is 9.99. The van der Waals surface area contributed by atoms with E-state index >= 15 is 0 Å². The van der Waals surface area contributed by atoms with Crippen LogP contribution in [-0.2, 0) is 35.0 Å². The van der Waals surface area contributed by atoms with Gasteiger partial charge in [0.25, 0.3) is 0 Å². The first-order valence-electron chi connectivity index (χ1n) is 13.7. The lowest BCUT2D eigenvalue weighted by molar-refractivity contribution is -0.161. The first kappa shape index (κ1) is 35.7. The fourth-order valence-electron chi connectivity index (χ4n) is 2.89. The van der Waals surface area contributed by atoms with Crippen LogP contribution >= 0.6 is 0 Å². The molecular formula is C30H47NO10. The monoisotopic (exact) mass is 581 g/mol. The molecule has 0 amide bonds. The fraction of sp³-hybridized carbons (Fsp3) is 0.667. The van der Waals surface area contributed by atoms with E-state index in [0.29, 0.717) is 5.56 Å². The molecule has 0 fully saturated rings. The molecule has 1 aromatic rings. The molecule has 3 atom stereocenters. The molecule has 0 bridgehead atoms. The number of ether oxygens (including phenoxy) is 6. The number of hydrogen-bond acceptors (Lipinski definition) is 11. The summed E-state index contributed by atoms with van der Waals surface area (Å²) in [5, 5.41) is 0. The van der Waals surface area contributed by atoms with Gasteiger partial charge < -0.3 is 34.2 Å². The van der Waals surface area contributed by atoms with Gasteiger partial charge in [0.15, 0.2) is 11.5 Å². The third-order valence-electron chi connectivity index (χ3n) is 5.55. The SMILES string of the molecule is CC(C)C(C)C(=O)OC[C@H](C)OC(=O)[C@@H](N)Cc1ccc(OC(=O)OCC(C)(C)C)c(OC(=O)OCC(C)(C)C)c1. The summed E-state index contributed by atoms with van der Waals surface area (Å²) in [4.78, 5) is 49.2. The molecule has 0 aliphatic heterocycles. The van der Waals surface area contributed by atoms with Gasteiger partial charge >= 0.3 is 24.2 Å². The molecule has 2 N–H and O–H groups in total. The minimum absolute atomic E-state index is 0.0118. The van der Waals surface area contributed by atoms with Gasteiger partial charge in [0.05, 0.1) is 19.1 Å². The molecule has 0 heterocycles. The van der Waals surface area contributed by atoms with E-state index in [4.69, 9.17) is 34.2 Å². The molecule has 11 nitrogen and oxygen atoms in total. The predicted octanol–water partition coefficient (Wildman–Crippen LogP) is 5.45. The van der Waals surface area contributed by atoms with Gasteiger partial charge in [-0.1, -0.05) is 68.4 Å². The average molecular weight is 582 g/mol. The minimum Gasteiger partial charge on any atom is -0.462 e. The predicted molar refractivity (Wildman–Crippen MR) is 151 cm³/mol. The molecule has 0 spiro atoms. The highest BCUT2D eigenvalue weighted by molar-refractivity contribution is 5.76. The number of hydrogen-bond donors (Lipinski definition) is 1. The first-order chi connectivity index (χ1) is 18.8. The summed E-state index contributed by atoms with van der Waals surface area (Å²) >= 11 is 0. The summed E-state index contributed by atoms with van der Waals surface area (Å²) in [7, 11) is 0. The minimum atomic E-state index is -1.08. The third-order valence-corrected chi connectivity index (χ3v) is 5.55. The van der Waals surface area contributed by atoms with Crippen LogP contribution in [0.2, 0.25) is 0 Å². The highest BCUT2D eigenvalue weighted by Crippen LogP contribution is 2.30. The Morgan fingerprint density at radius 1 is 0.756 bits per heavy atom. The lowest BCUT2D eigenvalue weighted by Crippen LogP contribution is -2.37. The van der Waals surface area contributed by atoms with Gasteiger partial charge in [-0.2, -0.15) is 0 Å². The molecule has 1 aromatic carbocycles. The normalized spacial score (nSPS) is 14.0. The first-order valence-corrected chi connectivity index (χ1v) is 13.7. The maximum Gasteiger partial charge on any atom is 0.513 e. The highest BCUT2D eigenvalue weighted by atomic mass is 16.7. The van der Waals surface area contributed by atoms with Crippen molar-refractivity contribution in [3.8, 4) is 11.5 Å². The maximum atomic E-state index is 12.6. The number of carbonyl (C=O) groups is 4. The fourth-order valence-corrected chi connectivity index (χ4v) is 2.89. The van der Waals surface area contributed by atoms with E-state index in [1.807, 2.05) is 55.4 Å². The van der Waals surface area contributed by atoms with E-state index in [1.165, 1.54) is 12.1 Å². The maximum absolute atomic E-state index is 12.6. The second kappa shape index (κ2) is 15.6. The largest absolute Gasteiger partial charge is 0.513 e. The molecule has 0 radical (unpaired) electrons. The summed E-state index contributed by atoms with van der Waals surface area (Å²) in [6.45, 7) is 18.6. The molecular weight excluding hydrogens is 534 g/mol. The van der Waals surface area contributed by atoms with Gasteiger partial charge in [0, 0.05) is 0 Å². The van der Waals surface area contributed by atoms with Crippen molar-refractivity contribution in [2.24, 2.45) is 28.4 Å². The molecule has 0 aliphatic rings. The average Bonchev–Trinajstić information content (AvgIpc) is 2.84. The van der Waals surface area contributed by atoms with Crippen LogP contribution < -0.4 is 15.2 Å². The molecule has 0 saturated heterocycles. The van der Waals surface area contributed by atoms with Gasteiger partial charge in [-0.25, -0.2) is 9.59 Å². The van der Waals surface area contributed by atoms with E-state index in [-0.39, 0.29) is 66.4 Å². The quantitative estimate of drug-likeness (QED) is 0.191. The van der Waals surface area contributed by atoms with Crippen LogP contribution in [0.15, 0.2) is 18.2 Å². The molecule has 1 unspecified atom stereocenters. The Hall–Kier alpha value is -3.34. The van der Waals surface area contributed by atoms with Gasteiger partial charge in [0.1, 0.15) is 18.8 Å². The second-order valence-electron chi connectivity index (χ2n) is 12.9. The zero-order chi connectivity index (χ0) is 31.5. The van der Waals surface area contributed by atoms with Crippen LogP contribution in [0.5, 0.6) is 11.5 Å². The van der Waals surface area contributed by atoms with Crippen molar-refractivity contribution in [2.45, 2.75) is 87.8 Å².